The molecule has 0 spiro atoms. The first-order valence-corrected chi connectivity index (χ1v) is 6.39. The molecule has 0 radical (unpaired) electrons. The Bertz CT molecular complexity index is 525. The molecule has 1 aliphatic rings. The fraction of sp³-hybridized carbons (Fsp3) is 0.462. The molecule has 7 nitrogen and oxygen atoms in total. The minimum absolute atomic E-state index is 0.0110. The second kappa shape index (κ2) is 5.87. The van der Waals surface area contributed by atoms with Crippen LogP contribution in [0.3, 0.4) is 0 Å². The van der Waals surface area contributed by atoms with Gasteiger partial charge in [0.25, 0.3) is 5.69 Å². The Hall–Kier alpha value is -2.15. The van der Waals surface area contributed by atoms with Crippen LogP contribution in [0.25, 0.3) is 0 Å². The van der Waals surface area contributed by atoms with Crippen molar-refractivity contribution >= 4 is 17.3 Å². The van der Waals surface area contributed by atoms with Crippen LogP contribution in [0, 0.1) is 10.1 Å². The molecule has 0 bridgehead atoms. The lowest BCUT2D eigenvalue weighted by molar-refractivity contribution is -0.384. The van der Waals surface area contributed by atoms with Crippen LogP contribution in [-0.4, -0.2) is 34.8 Å². The molecule has 0 aromatic heterocycles. The number of aromatic carboxylic acids is 1. The molecule has 2 rings (SSSR count). The molecule has 0 amide bonds. The van der Waals surface area contributed by atoms with Crippen molar-refractivity contribution in [3.63, 3.8) is 0 Å². The van der Waals surface area contributed by atoms with E-state index < -0.39 is 10.9 Å². The van der Waals surface area contributed by atoms with Gasteiger partial charge in [0.1, 0.15) is 5.69 Å². The van der Waals surface area contributed by atoms with Crippen LogP contribution in [0.1, 0.15) is 30.1 Å². The summed E-state index contributed by atoms with van der Waals surface area (Å²) in [5.74, 6) is -1.12. The fourth-order valence-corrected chi connectivity index (χ4v) is 2.28. The maximum absolute atomic E-state index is 11.0. The Morgan fingerprint density at radius 3 is 2.90 bits per heavy atom. The number of nitrogens with zero attached hydrogens (tertiary/aromatic N) is 1. The summed E-state index contributed by atoms with van der Waals surface area (Å²) in [6.07, 6.45) is 1.84. The van der Waals surface area contributed by atoms with Crippen molar-refractivity contribution in [1.29, 1.82) is 0 Å². The van der Waals surface area contributed by atoms with E-state index in [1.165, 1.54) is 18.2 Å². The highest BCUT2D eigenvalue weighted by Gasteiger charge is 2.25. The predicted molar refractivity (Wildman–Crippen MR) is 72.1 cm³/mol. The van der Waals surface area contributed by atoms with Gasteiger partial charge in [-0.3, -0.25) is 10.1 Å². The van der Waals surface area contributed by atoms with Gasteiger partial charge in [0.05, 0.1) is 16.6 Å². The van der Waals surface area contributed by atoms with Gasteiger partial charge in [-0.15, -0.1) is 0 Å². The van der Waals surface area contributed by atoms with E-state index in [-0.39, 0.29) is 29.1 Å². The zero-order chi connectivity index (χ0) is 14.7. The SMILES string of the molecule is CC(Nc1cc(C(=O)O)ccc1[N+](=O)[O-])C1CCCO1. The van der Waals surface area contributed by atoms with E-state index in [1.807, 2.05) is 6.92 Å². The molecule has 0 saturated carbocycles. The van der Waals surface area contributed by atoms with Gasteiger partial charge in [-0.05, 0) is 31.9 Å². The Kier molecular flexibility index (Phi) is 4.19. The first-order chi connectivity index (χ1) is 9.49. The number of carbonyl (C=O) groups is 1. The molecule has 20 heavy (non-hydrogen) atoms. The molecule has 108 valence electrons. The molecule has 2 unspecified atom stereocenters. The lowest BCUT2D eigenvalue weighted by Crippen LogP contribution is -2.30. The van der Waals surface area contributed by atoms with E-state index in [9.17, 15) is 14.9 Å². The average molecular weight is 280 g/mol. The number of hydrogen-bond donors (Lipinski definition) is 2. The van der Waals surface area contributed by atoms with Crippen molar-refractivity contribution in [3.05, 3.63) is 33.9 Å². The van der Waals surface area contributed by atoms with Gasteiger partial charge in [0.2, 0.25) is 0 Å². The number of carboxylic acid groups (broad SMARTS) is 1. The van der Waals surface area contributed by atoms with Crippen LogP contribution >= 0.6 is 0 Å². The molecule has 7 heteroatoms. The van der Waals surface area contributed by atoms with Crippen molar-refractivity contribution in [2.45, 2.75) is 31.9 Å². The van der Waals surface area contributed by atoms with Gasteiger partial charge in [-0.25, -0.2) is 4.79 Å². The molecule has 1 aliphatic heterocycles. The summed E-state index contributed by atoms with van der Waals surface area (Å²) in [7, 11) is 0. The standard InChI is InChI=1S/C13H16N2O5/c1-8(12-3-2-6-20-12)14-10-7-9(13(16)17)4-5-11(10)15(18)19/h4-5,7-8,12,14H,2-3,6H2,1H3,(H,16,17). The van der Waals surface area contributed by atoms with Crippen LogP contribution in [0.5, 0.6) is 0 Å². The normalized spacial score (nSPS) is 19.6. The third kappa shape index (κ3) is 3.05. The van der Waals surface area contributed by atoms with E-state index in [4.69, 9.17) is 9.84 Å². The second-order valence-electron chi connectivity index (χ2n) is 4.78. The lowest BCUT2D eigenvalue weighted by Gasteiger charge is -2.21. The number of nitro benzene ring substituents is 1. The molecule has 1 saturated heterocycles. The Labute approximate surface area is 115 Å². The van der Waals surface area contributed by atoms with E-state index in [0.717, 1.165) is 12.8 Å². The lowest BCUT2D eigenvalue weighted by atomic mass is 10.1. The van der Waals surface area contributed by atoms with Gasteiger partial charge in [-0.1, -0.05) is 0 Å². The highest BCUT2D eigenvalue weighted by atomic mass is 16.6. The number of rotatable bonds is 5. The van der Waals surface area contributed by atoms with Crippen molar-refractivity contribution in [2.75, 3.05) is 11.9 Å². The van der Waals surface area contributed by atoms with Crippen LogP contribution in [0.2, 0.25) is 0 Å². The zero-order valence-corrected chi connectivity index (χ0v) is 11.0. The summed E-state index contributed by atoms with van der Waals surface area (Å²) < 4.78 is 5.52. The van der Waals surface area contributed by atoms with E-state index in [0.29, 0.717) is 6.61 Å². The predicted octanol–water partition coefficient (Wildman–Crippen LogP) is 2.27. The van der Waals surface area contributed by atoms with Crippen molar-refractivity contribution in [3.8, 4) is 0 Å². The highest BCUT2D eigenvalue weighted by Crippen LogP contribution is 2.28. The molecule has 1 fully saturated rings. The second-order valence-corrected chi connectivity index (χ2v) is 4.78. The molecule has 1 heterocycles. The number of nitro groups is 1. The van der Waals surface area contributed by atoms with Crippen molar-refractivity contribution in [2.24, 2.45) is 0 Å². The van der Waals surface area contributed by atoms with Crippen molar-refractivity contribution in [1.82, 2.24) is 0 Å². The first kappa shape index (κ1) is 14.3. The third-order valence-corrected chi connectivity index (χ3v) is 3.35. The van der Waals surface area contributed by atoms with E-state index in [1.54, 1.807) is 0 Å². The number of anilines is 1. The molecular formula is C13H16N2O5. The van der Waals surface area contributed by atoms with E-state index in [2.05, 4.69) is 5.32 Å². The van der Waals surface area contributed by atoms with E-state index >= 15 is 0 Å². The number of benzene rings is 1. The van der Waals surface area contributed by atoms with Gasteiger partial charge in [-0.2, -0.15) is 0 Å². The summed E-state index contributed by atoms with van der Waals surface area (Å²) >= 11 is 0. The third-order valence-electron chi connectivity index (χ3n) is 3.35. The van der Waals surface area contributed by atoms with Crippen molar-refractivity contribution < 1.29 is 19.6 Å². The number of hydrogen-bond acceptors (Lipinski definition) is 5. The monoisotopic (exact) mass is 280 g/mol. The van der Waals surface area contributed by atoms with Gasteiger partial charge in [0, 0.05) is 18.7 Å². The Balaban J connectivity index is 2.24. The van der Waals surface area contributed by atoms with Crippen LogP contribution < -0.4 is 5.32 Å². The molecule has 0 aliphatic carbocycles. The number of ether oxygens (including phenoxy) is 1. The maximum atomic E-state index is 11.0. The average Bonchev–Trinajstić information content (AvgIpc) is 2.92. The number of carboxylic acids is 1. The zero-order valence-electron chi connectivity index (χ0n) is 11.0. The minimum Gasteiger partial charge on any atom is -0.478 e. The Morgan fingerprint density at radius 2 is 2.35 bits per heavy atom. The minimum atomic E-state index is -1.12. The Morgan fingerprint density at radius 1 is 1.60 bits per heavy atom. The summed E-state index contributed by atoms with van der Waals surface area (Å²) in [4.78, 5) is 21.4. The van der Waals surface area contributed by atoms with Crippen LogP contribution in [0.15, 0.2) is 18.2 Å². The molecule has 2 atom stereocenters. The summed E-state index contributed by atoms with van der Waals surface area (Å²) in [6.45, 7) is 2.56. The topological polar surface area (TPSA) is 102 Å². The quantitative estimate of drug-likeness (QED) is 0.633. The summed E-state index contributed by atoms with van der Waals surface area (Å²) in [5, 5.41) is 23.0. The number of nitrogens with one attached hydrogen (secondary N) is 1. The molecular weight excluding hydrogens is 264 g/mol. The highest BCUT2D eigenvalue weighted by molar-refractivity contribution is 5.90. The van der Waals surface area contributed by atoms with Gasteiger partial charge in [0.15, 0.2) is 0 Å². The summed E-state index contributed by atoms with van der Waals surface area (Å²) in [6, 6.07) is 3.59. The largest absolute Gasteiger partial charge is 0.478 e. The summed E-state index contributed by atoms with van der Waals surface area (Å²) in [5.41, 5.74) is 0.0791. The molecule has 2 N–H and O–H groups in total. The molecule has 1 aromatic carbocycles. The maximum Gasteiger partial charge on any atom is 0.335 e. The van der Waals surface area contributed by atoms with Crippen LogP contribution in [0.4, 0.5) is 11.4 Å². The van der Waals surface area contributed by atoms with Gasteiger partial charge >= 0.3 is 5.97 Å². The smallest absolute Gasteiger partial charge is 0.335 e. The fourth-order valence-electron chi connectivity index (χ4n) is 2.28. The first-order valence-electron chi connectivity index (χ1n) is 6.39. The molecule has 1 aromatic rings. The van der Waals surface area contributed by atoms with Gasteiger partial charge < -0.3 is 15.2 Å². The van der Waals surface area contributed by atoms with Crippen LogP contribution in [-0.2, 0) is 4.74 Å².